The summed E-state index contributed by atoms with van der Waals surface area (Å²) in [5.74, 6) is 0. The molecule has 0 rings (SSSR count). The Morgan fingerprint density at radius 1 is 0.846 bits per heavy atom. The highest BCUT2D eigenvalue weighted by Gasteiger charge is 2.64. The van der Waals surface area contributed by atoms with Crippen LogP contribution in [-0.4, -0.2) is 21.3 Å². The summed E-state index contributed by atoms with van der Waals surface area (Å²) in [4.78, 5) is 0. The van der Waals surface area contributed by atoms with Gasteiger partial charge in [0.1, 0.15) is 0 Å². The number of alkyl halides is 9. The number of hydrogen-bond acceptors (Lipinski definition) is 0. The Balaban J connectivity index is 4.86. The largest absolute Gasteiger partial charge is 0.357 e. The zero-order valence-electron chi connectivity index (χ0n) is 5.48. The highest BCUT2D eigenvalue weighted by molar-refractivity contribution is 6.52. The molecule has 0 aliphatic rings. The molecule has 0 aliphatic heterocycles. The van der Waals surface area contributed by atoms with Gasteiger partial charge >= 0.3 is 9.97 Å². The van der Waals surface area contributed by atoms with Gasteiger partial charge in [-0.3, -0.25) is 0 Å². The van der Waals surface area contributed by atoms with Crippen molar-refractivity contribution in [2.75, 3.05) is 0 Å². The molecule has 0 aromatic carbocycles. The number of rotatable bonds is 3. The van der Waals surface area contributed by atoms with Gasteiger partial charge < -0.3 is 0 Å². The second kappa shape index (κ2) is 3.76. The van der Waals surface area contributed by atoms with E-state index in [1.807, 2.05) is 0 Å². The molecule has 0 heterocycles. The van der Waals surface area contributed by atoms with Gasteiger partial charge in [0.25, 0.3) is 5.13 Å². The summed E-state index contributed by atoms with van der Waals surface area (Å²) in [5, 5.41) is -9.04. The van der Waals surface area contributed by atoms with Crippen LogP contribution in [-0.2, 0) is 0 Å². The van der Waals surface area contributed by atoms with E-state index in [0.717, 1.165) is 0 Å². The maximum absolute atomic E-state index is 12.7. The second-order valence-electron chi connectivity index (χ2n) is 2.02. The van der Waals surface area contributed by atoms with Crippen LogP contribution in [0.1, 0.15) is 0 Å². The van der Waals surface area contributed by atoms with Crippen LogP contribution in [0.4, 0.5) is 22.0 Å². The van der Waals surface area contributed by atoms with Gasteiger partial charge in [-0.25, -0.2) is 13.2 Å². The molecule has 0 fully saturated rings. The van der Waals surface area contributed by atoms with E-state index in [4.69, 9.17) is 0 Å². The third-order valence-electron chi connectivity index (χ3n) is 0.984. The van der Waals surface area contributed by atoms with Crippen molar-refractivity contribution in [3.8, 4) is 0 Å². The van der Waals surface area contributed by atoms with Crippen molar-refractivity contribution in [3.63, 3.8) is 0 Å². The van der Waals surface area contributed by atoms with Crippen LogP contribution in [0.2, 0.25) is 0 Å². The zero-order chi connectivity index (χ0) is 11.1. The lowest BCUT2D eigenvalue weighted by Gasteiger charge is -2.29. The molecule has 0 amide bonds. The Hall–Kier alpha value is 0.810. The SMILES string of the molecule is FC(C(F)(F)Cl)C(F)(Cl)C(F)(Cl)Cl. The molecule has 0 aliphatic carbocycles. The fourth-order valence-corrected chi connectivity index (χ4v) is 0.884. The minimum atomic E-state index is -4.71. The van der Waals surface area contributed by atoms with Crippen LogP contribution >= 0.6 is 46.4 Å². The van der Waals surface area contributed by atoms with Gasteiger partial charge in [-0.15, -0.1) is 0 Å². The molecule has 2 unspecified atom stereocenters. The molecular formula is C4HCl4F5. The molecule has 0 aromatic rings. The van der Waals surface area contributed by atoms with Crippen molar-refractivity contribution in [1.82, 2.24) is 0 Å². The molecule has 0 spiro atoms. The van der Waals surface area contributed by atoms with Crippen LogP contribution in [0.3, 0.4) is 0 Å². The minimum absolute atomic E-state index is 3.89. The fraction of sp³-hybridized carbons (Fsp3) is 1.00. The van der Waals surface area contributed by atoms with Crippen LogP contribution in [0, 0.1) is 0 Å². The smallest absolute Gasteiger partial charge is 0.234 e. The van der Waals surface area contributed by atoms with E-state index >= 15 is 0 Å². The van der Waals surface area contributed by atoms with Crippen molar-refractivity contribution < 1.29 is 22.0 Å². The van der Waals surface area contributed by atoms with E-state index in [9.17, 15) is 22.0 Å². The fourth-order valence-electron chi connectivity index (χ4n) is 0.349. The Bertz CT molecular complexity index is 182. The summed E-state index contributed by atoms with van der Waals surface area (Å²) in [6, 6.07) is 0. The molecule has 0 radical (unpaired) electrons. The maximum Gasteiger partial charge on any atom is 0.357 e. The first kappa shape index (κ1) is 13.8. The first-order valence-electron chi connectivity index (χ1n) is 2.56. The molecule has 0 bridgehead atoms. The summed E-state index contributed by atoms with van der Waals surface area (Å²) in [5.41, 5.74) is 0. The minimum Gasteiger partial charge on any atom is -0.234 e. The highest BCUT2D eigenvalue weighted by atomic mass is 35.5. The van der Waals surface area contributed by atoms with Crippen LogP contribution in [0.5, 0.6) is 0 Å². The van der Waals surface area contributed by atoms with Gasteiger partial charge in [-0.2, -0.15) is 8.78 Å². The van der Waals surface area contributed by atoms with E-state index in [1.165, 1.54) is 0 Å². The Labute approximate surface area is 89.9 Å². The Kier molecular flexibility index (Phi) is 3.99. The highest BCUT2D eigenvalue weighted by Crippen LogP contribution is 2.49. The van der Waals surface area contributed by atoms with Gasteiger partial charge in [0.2, 0.25) is 6.17 Å². The average molecular weight is 286 g/mol. The summed E-state index contributed by atoms with van der Waals surface area (Å²) in [6.45, 7) is 0. The van der Waals surface area contributed by atoms with Gasteiger partial charge in [0, 0.05) is 0 Å². The van der Waals surface area contributed by atoms with Crippen LogP contribution in [0.15, 0.2) is 0 Å². The van der Waals surface area contributed by atoms with E-state index in [-0.39, 0.29) is 0 Å². The van der Waals surface area contributed by atoms with Gasteiger partial charge in [-0.05, 0) is 11.6 Å². The van der Waals surface area contributed by atoms with Crippen LogP contribution in [0.25, 0.3) is 0 Å². The lowest BCUT2D eigenvalue weighted by atomic mass is 10.2. The van der Waals surface area contributed by atoms with Gasteiger partial charge in [-0.1, -0.05) is 34.8 Å². The Morgan fingerprint density at radius 2 is 1.15 bits per heavy atom. The third-order valence-corrected chi connectivity index (χ3v) is 2.37. The predicted molar refractivity (Wildman–Crippen MR) is 40.9 cm³/mol. The van der Waals surface area contributed by atoms with Gasteiger partial charge in [0.15, 0.2) is 0 Å². The maximum atomic E-state index is 12.7. The lowest BCUT2D eigenvalue weighted by molar-refractivity contribution is -0.0653. The molecular weight excluding hydrogens is 285 g/mol. The molecule has 9 heteroatoms. The summed E-state index contributed by atoms with van der Waals surface area (Å²) in [7, 11) is 0. The molecule has 13 heavy (non-hydrogen) atoms. The zero-order valence-corrected chi connectivity index (χ0v) is 8.50. The standard InChI is InChI=1S/C4HCl4F5/c5-2(10,4(7,8)13)1(9)3(6,11)12/h1H. The van der Waals surface area contributed by atoms with Crippen LogP contribution < -0.4 is 0 Å². The summed E-state index contributed by atoms with van der Waals surface area (Å²) in [6.07, 6.45) is -3.89. The van der Waals surface area contributed by atoms with E-state index < -0.39 is 21.3 Å². The van der Waals surface area contributed by atoms with Crippen molar-refractivity contribution in [2.45, 2.75) is 21.3 Å². The predicted octanol–water partition coefficient (Wildman–Crippen LogP) is 4.16. The van der Waals surface area contributed by atoms with E-state index in [1.54, 1.807) is 0 Å². The quantitative estimate of drug-likeness (QED) is 0.539. The first-order chi connectivity index (χ1) is 5.40. The normalized spacial score (nSPS) is 21.0. The molecule has 0 saturated heterocycles. The first-order valence-corrected chi connectivity index (χ1v) is 4.07. The van der Waals surface area contributed by atoms with Gasteiger partial charge in [0.05, 0.1) is 0 Å². The monoisotopic (exact) mass is 284 g/mol. The van der Waals surface area contributed by atoms with Crippen molar-refractivity contribution in [2.24, 2.45) is 0 Å². The topological polar surface area (TPSA) is 0 Å². The molecule has 2 atom stereocenters. The van der Waals surface area contributed by atoms with E-state index in [0.29, 0.717) is 0 Å². The summed E-state index contributed by atoms with van der Waals surface area (Å²) >= 11 is 17.2. The third kappa shape index (κ3) is 3.15. The summed E-state index contributed by atoms with van der Waals surface area (Å²) < 4.78 is 57.2. The molecule has 0 nitrogen and oxygen atoms in total. The van der Waals surface area contributed by atoms with Crippen molar-refractivity contribution >= 4 is 46.4 Å². The number of hydrogen-bond donors (Lipinski definition) is 0. The molecule has 0 saturated carbocycles. The van der Waals surface area contributed by atoms with Crippen molar-refractivity contribution in [3.05, 3.63) is 0 Å². The van der Waals surface area contributed by atoms with Crippen molar-refractivity contribution in [1.29, 1.82) is 0 Å². The number of halogens is 9. The average Bonchev–Trinajstić information content (AvgIpc) is 1.81. The molecule has 0 N–H and O–H groups in total. The lowest BCUT2D eigenvalue weighted by Crippen LogP contribution is -2.49. The second-order valence-corrected chi connectivity index (χ2v) is 4.31. The molecule has 0 aromatic heterocycles. The Morgan fingerprint density at radius 3 is 1.23 bits per heavy atom. The van der Waals surface area contributed by atoms with E-state index in [2.05, 4.69) is 46.4 Å². The molecule has 80 valence electrons.